The first-order valence-corrected chi connectivity index (χ1v) is 9.91. The van der Waals surface area contributed by atoms with Gasteiger partial charge in [0.1, 0.15) is 11.8 Å². The summed E-state index contributed by atoms with van der Waals surface area (Å²) < 4.78 is 33.6. The van der Waals surface area contributed by atoms with Crippen LogP contribution in [0.1, 0.15) is 13.3 Å². The summed E-state index contributed by atoms with van der Waals surface area (Å²) in [5.74, 6) is -0.810. The number of carbonyl (C=O) groups excluding carboxylic acids is 2. The van der Waals surface area contributed by atoms with Crippen LogP contribution in [-0.2, 0) is 24.2 Å². The number of benzene rings is 1. The molecule has 1 aliphatic heterocycles. The third-order valence-electron chi connectivity index (χ3n) is 4.03. The quantitative estimate of drug-likeness (QED) is 0.681. The van der Waals surface area contributed by atoms with E-state index in [0.717, 1.165) is 0 Å². The Morgan fingerprint density at radius 3 is 2.48 bits per heavy atom. The zero-order chi connectivity index (χ0) is 18.6. The molecule has 0 spiro atoms. The molecule has 1 aromatic rings. The number of methoxy groups -OCH3 is 1. The van der Waals surface area contributed by atoms with Crippen LogP contribution in [0, 0.1) is 0 Å². The lowest BCUT2D eigenvalue weighted by atomic mass is 10.1. The minimum atomic E-state index is -3.21. The van der Waals surface area contributed by atoms with Gasteiger partial charge in [0.25, 0.3) is 5.91 Å². The molecule has 0 bridgehead atoms. The van der Waals surface area contributed by atoms with Crippen LogP contribution in [0.3, 0.4) is 0 Å². The lowest BCUT2D eigenvalue weighted by molar-refractivity contribution is -0.154. The highest BCUT2D eigenvalue weighted by Gasteiger charge is 2.39. The van der Waals surface area contributed by atoms with E-state index in [9.17, 15) is 18.0 Å². The van der Waals surface area contributed by atoms with Gasteiger partial charge < -0.3 is 14.4 Å². The number of hydrogen-bond donors (Lipinski definition) is 0. The summed E-state index contributed by atoms with van der Waals surface area (Å²) in [6.07, 6.45) is 0.288. The first-order valence-electron chi connectivity index (χ1n) is 7.71. The van der Waals surface area contributed by atoms with Crippen LogP contribution in [0.5, 0.6) is 5.75 Å². The molecule has 1 fully saturated rings. The van der Waals surface area contributed by atoms with Gasteiger partial charge in [-0.05, 0) is 37.6 Å². The van der Waals surface area contributed by atoms with Gasteiger partial charge in [-0.15, -0.1) is 0 Å². The van der Waals surface area contributed by atoms with Crippen LogP contribution < -0.4 is 4.74 Å². The maximum Gasteiger partial charge on any atom is 0.328 e. The lowest BCUT2D eigenvalue weighted by Gasteiger charge is -2.32. The molecule has 138 valence electrons. The summed E-state index contributed by atoms with van der Waals surface area (Å²) in [6.45, 7) is 1.19. The second-order valence-electron chi connectivity index (χ2n) is 5.80. The molecule has 2 rings (SSSR count). The fraction of sp³-hybridized carbons (Fsp3) is 0.500. The molecular weight excluding hydrogens is 370 g/mol. The summed E-state index contributed by atoms with van der Waals surface area (Å²) in [6, 6.07) is 5.01. The van der Waals surface area contributed by atoms with Crippen molar-refractivity contribution in [2.45, 2.75) is 25.4 Å². The number of nitrogens with zero attached hydrogens (tertiary/aromatic N) is 1. The molecule has 0 aromatic heterocycles. The number of rotatable bonds is 6. The number of halogens is 1. The van der Waals surface area contributed by atoms with E-state index in [1.807, 2.05) is 0 Å². The van der Waals surface area contributed by atoms with E-state index in [1.54, 1.807) is 24.3 Å². The van der Waals surface area contributed by atoms with Gasteiger partial charge in [0, 0.05) is 11.1 Å². The molecule has 25 heavy (non-hydrogen) atoms. The molecule has 7 nitrogen and oxygen atoms in total. The Bertz CT molecular complexity index is 733. The van der Waals surface area contributed by atoms with E-state index in [1.165, 1.54) is 18.9 Å². The smallest absolute Gasteiger partial charge is 0.328 e. The molecule has 0 radical (unpaired) electrons. The van der Waals surface area contributed by atoms with Gasteiger partial charge in [0.05, 0.1) is 18.6 Å². The van der Waals surface area contributed by atoms with Gasteiger partial charge >= 0.3 is 5.97 Å². The fourth-order valence-corrected chi connectivity index (χ4v) is 4.60. The largest absolute Gasteiger partial charge is 0.484 e. The van der Waals surface area contributed by atoms with Crippen molar-refractivity contribution < 1.29 is 27.5 Å². The van der Waals surface area contributed by atoms with Crippen LogP contribution in [0.25, 0.3) is 0 Å². The lowest BCUT2D eigenvalue weighted by Crippen LogP contribution is -2.51. The number of carbonyl (C=O) groups is 2. The molecule has 1 heterocycles. The minimum Gasteiger partial charge on any atom is -0.484 e. The van der Waals surface area contributed by atoms with Crippen molar-refractivity contribution in [2.75, 3.05) is 25.2 Å². The van der Waals surface area contributed by atoms with E-state index in [0.29, 0.717) is 10.8 Å². The first kappa shape index (κ1) is 19.5. The number of ether oxygens (including phenoxy) is 2. The van der Waals surface area contributed by atoms with E-state index in [4.69, 9.17) is 21.1 Å². The Morgan fingerprint density at radius 1 is 1.32 bits per heavy atom. The molecule has 2 atom stereocenters. The van der Waals surface area contributed by atoms with Gasteiger partial charge in [-0.3, -0.25) is 4.79 Å². The zero-order valence-corrected chi connectivity index (χ0v) is 15.5. The molecule has 1 saturated heterocycles. The molecule has 0 N–H and O–H groups in total. The van der Waals surface area contributed by atoms with Crippen molar-refractivity contribution >= 4 is 33.3 Å². The van der Waals surface area contributed by atoms with E-state index in [-0.39, 0.29) is 24.5 Å². The van der Waals surface area contributed by atoms with Crippen LogP contribution in [0.2, 0.25) is 5.02 Å². The Hall–Kier alpha value is -1.80. The fourth-order valence-electron chi connectivity index (χ4n) is 2.77. The highest BCUT2D eigenvalue weighted by molar-refractivity contribution is 7.91. The Balaban J connectivity index is 2.12. The highest BCUT2D eigenvalue weighted by atomic mass is 35.5. The van der Waals surface area contributed by atoms with Crippen LogP contribution >= 0.6 is 11.6 Å². The van der Waals surface area contributed by atoms with Gasteiger partial charge in [-0.2, -0.15) is 0 Å². The highest BCUT2D eigenvalue weighted by Crippen LogP contribution is 2.22. The Kier molecular flexibility index (Phi) is 6.29. The minimum absolute atomic E-state index is 0.00657. The average molecular weight is 390 g/mol. The topological polar surface area (TPSA) is 90.0 Å². The molecule has 1 aromatic carbocycles. The number of sulfone groups is 1. The third kappa shape index (κ3) is 5.09. The molecule has 1 aliphatic rings. The standard InChI is InChI=1S/C16H20ClNO6S/c1-11(16(20)23-2)18(13-7-8-25(21,22)10-13)15(19)9-24-14-5-3-12(17)4-6-14/h3-6,11,13H,7-10H2,1-2H3. The number of amides is 1. The van der Waals surface area contributed by atoms with Crippen LogP contribution in [0.15, 0.2) is 24.3 Å². The van der Waals surface area contributed by atoms with Gasteiger partial charge in [-0.25, -0.2) is 13.2 Å². The summed E-state index contributed by atoms with van der Waals surface area (Å²) in [4.78, 5) is 25.7. The summed E-state index contributed by atoms with van der Waals surface area (Å²) >= 11 is 5.79. The van der Waals surface area contributed by atoms with Crippen molar-refractivity contribution in [2.24, 2.45) is 0 Å². The zero-order valence-electron chi connectivity index (χ0n) is 14.0. The first-order chi connectivity index (χ1) is 11.7. The summed E-state index contributed by atoms with van der Waals surface area (Å²) in [7, 11) is -1.99. The van der Waals surface area contributed by atoms with Crippen LogP contribution in [-0.4, -0.2) is 62.5 Å². The molecule has 0 aliphatic carbocycles. The molecule has 1 amide bonds. The third-order valence-corrected chi connectivity index (χ3v) is 6.03. The van der Waals surface area contributed by atoms with Gasteiger partial charge in [0.15, 0.2) is 16.4 Å². The van der Waals surface area contributed by atoms with E-state index < -0.39 is 33.8 Å². The predicted molar refractivity (Wildman–Crippen MR) is 92.3 cm³/mol. The van der Waals surface area contributed by atoms with Crippen molar-refractivity contribution in [1.82, 2.24) is 4.90 Å². The Morgan fingerprint density at radius 2 is 1.96 bits per heavy atom. The second kappa shape index (κ2) is 8.05. The monoisotopic (exact) mass is 389 g/mol. The number of esters is 1. The van der Waals surface area contributed by atoms with Crippen molar-refractivity contribution in [1.29, 1.82) is 0 Å². The van der Waals surface area contributed by atoms with Crippen LogP contribution in [0.4, 0.5) is 0 Å². The second-order valence-corrected chi connectivity index (χ2v) is 8.46. The average Bonchev–Trinajstić information content (AvgIpc) is 2.93. The van der Waals surface area contributed by atoms with E-state index in [2.05, 4.69) is 0 Å². The van der Waals surface area contributed by atoms with Gasteiger partial charge in [-0.1, -0.05) is 11.6 Å². The SMILES string of the molecule is COC(=O)C(C)N(C(=O)COc1ccc(Cl)cc1)C1CCS(=O)(=O)C1. The molecule has 9 heteroatoms. The maximum absolute atomic E-state index is 12.6. The van der Waals surface area contributed by atoms with Crippen molar-refractivity contribution in [3.05, 3.63) is 29.3 Å². The maximum atomic E-state index is 12.6. The van der Waals surface area contributed by atoms with Crippen molar-refractivity contribution in [3.63, 3.8) is 0 Å². The Labute approximate surface area is 151 Å². The molecule has 2 unspecified atom stereocenters. The molecular formula is C16H20ClNO6S. The predicted octanol–water partition coefficient (Wildman–Crippen LogP) is 1.30. The summed E-state index contributed by atoms with van der Waals surface area (Å²) in [5.41, 5.74) is 0. The van der Waals surface area contributed by atoms with Gasteiger partial charge in [0.2, 0.25) is 0 Å². The molecule has 0 saturated carbocycles. The number of hydrogen-bond acceptors (Lipinski definition) is 6. The van der Waals surface area contributed by atoms with E-state index >= 15 is 0 Å². The summed E-state index contributed by atoms with van der Waals surface area (Å²) in [5, 5.41) is 0.538. The normalized spacial score (nSPS) is 19.9. The van der Waals surface area contributed by atoms with Crippen molar-refractivity contribution in [3.8, 4) is 5.75 Å².